The van der Waals surface area contributed by atoms with Gasteiger partial charge in [-0.3, -0.25) is 14.4 Å². The zero-order chi connectivity index (χ0) is 28.3. The SMILES string of the molecule is COc1ccc2c(c1)C(c1ccc(Cl)cc1)=N[C@@H](CC(=O)NCCC(NC(=O)O)C(C)(C)C)c1nnc(C)n1-2. The second-order valence-electron chi connectivity index (χ2n) is 10.5. The summed E-state index contributed by atoms with van der Waals surface area (Å²) < 4.78 is 7.43. The number of fused-ring (bicyclic) bond motifs is 3. The van der Waals surface area contributed by atoms with Crippen LogP contribution in [-0.4, -0.2) is 57.3 Å². The highest BCUT2D eigenvalue weighted by Gasteiger charge is 2.30. The monoisotopic (exact) mass is 552 g/mol. The smallest absolute Gasteiger partial charge is 0.404 e. The summed E-state index contributed by atoms with van der Waals surface area (Å²) in [7, 11) is 1.61. The van der Waals surface area contributed by atoms with Crippen molar-refractivity contribution in [1.82, 2.24) is 25.4 Å². The first kappa shape index (κ1) is 28.1. The van der Waals surface area contributed by atoms with E-state index in [1.807, 2.05) is 62.6 Å². The number of benzene rings is 2. The molecular weight excluding hydrogens is 520 g/mol. The van der Waals surface area contributed by atoms with Gasteiger partial charge in [0.1, 0.15) is 17.6 Å². The number of carbonyl (C=O) groups excluding carboxylic acids is 1. The van der Waals surface area contributed by atoms with Crippen LogP contribution in [0.25, 0.3) is 5.69 Å². The molecule has 2 amide bonds. The lowest BCUT2D eigenvalue weighted by Gasteiger charge is -2.30. The Labute approximate surface area is 232 Å². The summed E-state index contributed by atoms with van der Waals surface area (Å²) in [5.41, 5.74) is 2.86. The third-order valence-electron chi connectivity index (χ3n) is 6.73. The van der Waals surface area contributed by atoms with E-state index in [2.05, 4.69) is 20.8 Å². The van der Waals surface area contributed by atoms with E-state index in [-0.39, 0.29) is 23.8 Å². The summed E-state index contributed by atoms with van der Waals surface area (Å²) >= 11 is 6.16. The number of nitrogens with one attached hydrogen (secondary N) is 2. The highest BCUT2D eigenvalue weighted by atomic mass is 35.5. The molecule has 39 heavy (non-hydrogen) atoms. The second-order valence-corrected chi connectivity index (χ2v) is 11.0. The zero-order valence-corrected chi connectivity index (χ0v) is 23.4. The Balaban J connectivity index is 1.66. The third kappa shape index (κ3) is 6.39. The van der Waals surface area contributed by atoms with Crippen LogP contribution >= 0.6 is 11.6 Å². The molecule has 10 nitrogen and oxygen atoms in total. The first-order valence-electron chi connectivity index (χ1n) is 12.7. The number of carboxylic acid groups (broad SMARTS) is 1. The van der Waals surface area contributed by atoms with Gasteiger partial charge in [0.15, 0.2) is 5.82 Å². The number of halogens is 1. The third-order valence-corrected chi connectivity index (χ3v) is 6.98. The Bertz CT molecular complexity index is 1390. The standard InChI is InChI=1S/C28H33ClN6O4/c1-16-33-34-26-21(15-24(36)30-13-12-23(28(2,3)4)32-27(37)38)31-25(17-6-8-18(29)9-7-17)20-14-19(39-5)10-11-22(20)35(16)26/h6-11,14,21,23,32H,12-13,15H2,1-5H3,(H,30,36)(H,37,38)/t21-,23?/m0/s1. The first-order valence-corrected chi connectivity index (χ1v) is 13.1. The molecule has 0 saturated carbocycles. The number of ether oxygens (including phenoxy) is 1. The molecule has 0 aliphatic carbocycles. The Kier molecular flexibility index (Phi) is 8.25. The van der Waals surface area contributed by atoms with Crippen LogP contribution in [0.2, 0.25) is 5.02 Å². The fourth-order valence-electron chi connectivity index (χ4n) is 4.65. The molecule has 1 unspecified atom stereocenters. The minimum Gasteiger partial charge on any atom is -0.497 e. The van der Waals surface area contributed by atoms with Crippen LogP contribution in [0.15, 0.2) is 47.5 Å². The van der Waals surface area contributed by atoms with Crippen LogP contribution in [0.3, 0.4) is 0 Å². The summed E-state index contributed by atoms with van der Waals surface area (Å²) in [6.45, 7) is 8.03. The lowest BCUT2D eigenvalue weighted by Crippen LogP contribution is -2.45. The molecule has 206 valence electrons. The number of carbonyl (C=O) groups is 2. The Hall–Kier alpha value is -3.92. The van der Waals surface area contributed by atoms with Gasteiger partial charge in [-0.2, -0.15) is 0 Å². The first-order chi connectivity index (χ1) is 18.5. The zero-order valence-electron chi connectivity index (χ0n) is 22.7. The maximum absolute atomic E-state index is 13.1. The van der Waals surface area contributed by atoms with Crippen molar-refractivity contribution in [3.05, 3.63) is 70.3 Å². The van der Waals surface area contributed by atoms with E-state index in [9.17, 15) is 14.7 Å². The number of nitrogens with zero attached hydrogens (tertiary/aromatic N) is 4. The van der Waals surface area contributed by atoms with E-state index >= 15 is 0 Å². The van der Waals surface area contributed by atoms with Gasteiger partial charge in [-0.05, 0) is 49.1 Å². The predicted molar refractivity (Wildman–Crippen MR) is 149 cm³/mol. The quantitative estimate of drug-likeness (QED) is 0.371. The van der Waals surface area contributed by atoms with E-state index < -0.39 is 12.1 Å². The summed E-state index contributed by atoms with van der Waals surface area (Å²) in [5.74, 6) is 1.67. The number of amides is 2. The van der Waals surface area contributed by atoms with E-state index in [4.69, 9.17) is 21.3 Å². The molecule has 4 rings (SSSR count). The van der Waals surface area contributed by atoms with Gasteiger partial charge in [0, 0.05) is 28.7 Å². The van der Waals surface area contributed by atoms with Crippen molar-refractivity contribution >= 4 is 29.3 Å². The maximum Gasteiger partial charge on any atom is 0.404 e. The molecule has 1 aliphatic rings. The average Bonchev–Trinajstić information content (AvgIpc) is 3.20. The largest absolute Gasteiger partial charge is 0.497 e. The normalized spacial score (nSPS) is 15.3. The van der Waals surface area contributed by atoms with Gasteiger partial charge in [-0.1, -0.05) is 44.5 Å². The lowest BCUT2D eigenvalue weighted by molar-refractivity contribution is -0.121. The minimum atomic E-state index is -1.09. The van der Waals surface area contributed by atoms with Crippen molar-refractivity contribution < 1.29 is 19.4 Å². The van der Waals surface area contributed by atoms with Crippen molar-refractivity contribution in [3.63, 3.8) is 0 Å². The number of aromatic nitrogens is 3. The molecule has 2 heterocycles. The molecule has 3 aromatic rings. The number of aliphatic imine (C=N–C) groups is 1. The van der Waals surface area contributed by atoms with Crippen LogP contribution in [-0.2, 0) is 4.79 Å². The van der Waals surface area contributed by atoms with Crippen LogP contribution in [0, 0.1) is 12.3 Å². The Morgan fingerprint density at radius 2 is 1.87 bits per heavy atom. The molecule has 1 aliphatic heterocycles. The minimum absolute atomic E-state index is 0.0346. The number of aryl methyl sites for hydroxylation is 1. The lowest BCUT2D eigenvalue weighted by atomic mass is 9.85. The summed E-state index contributed by atoms with van der Waals surface area (Å²) in [6, 6.07) is 12.2. The van der Waals surface area contributed by atoms with Gasteiger partial charge in [-0.25, -0.2) is 4.79 Å². The fraction of sp³-hybridized carbons (Fsp3) is 0.393. The van der Waals surface area contributed by atoms with Crippen molar-refractivity contribution in [3.8, 4) is 11.4 Å². The van der Waals surface area contributed by atoms with Gasteiger partial charge >= 0.3 is 6.09 Å². The molecule has 0 radical (unpaired) electrons. The van der Waals surface area contributed by atoms with Gasteiger partial charge in [0.25, 0.3) is 0 Å². The molecule has 1 aromatic heterocycles. The van der Waals surface area contributed by atoms with Crippen molar-refractivity contribution in [2.24, 2.45) is 10.4 Å². The highest BCUT2D eigenvalue weighted by Crippen LogP contribution is 2.34. The molecule has 11 heteroatoms. The van der Waals surface area contributed by atoms with Gasteiger partial charge in [-0.15, -0.1) is 10.2 Å². The van der Waals surface area contributed by atoms with Crippen LogP contribution in [0.1, 0.15) is 62.4 Å². The fourth-order valence-corrected chi connectivity index (χ4v) is 4.78. The molecular formula is C28H33ClN6O4. The molecule has 0 fully saturated rings. The van der Waals surface area contributed by atoms with Crippen LogP contribution in [0.4, 0.5) is 4.79 Å². The van der Waals surface area contributed by atoms with E-state index in [1.54, 1.807) is 19.2 Å². The average molecular weight is 553 g/mol. The maximum atomic E-state index is 13.1. The number of methoxy groups -OCH3 is 1. The number of rotatable bonds is 8. The Morgan fingerprint density at radius 1 is 1.15 bits per heavy atom. The Morgan fingerprint density at radius 3 is 2.51 bits per heavy atom. The van der Waals surface area contributed by atoms with Gasteiger partial charge in [0.2, 0.25) is 5.91 Å². The van der Waals surface area contributed by atoms with Gasteiger partial charge < -0.3 is 20.5 Å². The summed E-state index contributed by atoms with van der Waals surface area (Å²) in [4.78, 5) is 29.4. The number of hydrogen-bond donors (Lipinski definition) is 3. The molecule has 0 bridgehead atoms. The topological polar surface area (TPSA) is 131 Å². The van der Waals surface area contributed by atoms with E-state index in [0.29, 0.717) is 41.1 Å². The van der Waals surface area contributed by atoms with E-state index in [1.165, 1.54) is 0 Å². The molecule has 0 saturated heterocycles. The summed E-state index contributed by atoms with van der Waals surface area (Å²) in [6.07, 6.45) is -0.603. The van der Waals surface area contributed by atoms with Crippen molar-refractivity contribution in [2.45, 2.75) is 52.6 Å². The second kappa shape index (κ2) is 11.4. The predicted octanol–water partition coefficient (Wildman–Crippen LogP) is 4.71. The molecule has 2 aromatic carbocycles. The number of hydrogen-bond acceptors (Lipinski definition) is 6. The summed E-state index contributed by atoms with van der Waals surface area (Å²) in [5, 5.41) is 24.0. The van der Waals surface area contributed by atoms with Crippen molar-refractivity contribution in [2.75, 3.05) is 13.7 Å². The van der Waals surface area contributed by atoms with Crippen molar-refractivity contribution in [1.29, 1.82) is 0 Å². The van der Waals surface area contributed by atoms with E-state index in [0.717, 1.165) is 16.8 Å². The molecule has 2 atom stereocenters. The van der Waals surface area contributed by atoms with Crippen LogP contribution in [0.5, 0.6) is 5.75 Å². The molecule has 3 N–H and O–H groups in total. The highest BCUT2D eigenvalue weighted by molar-refractivity contribution is 6.30. The van der Waals surface area contributed by atoms with Gasteiger partial charge in [0.05, 0.1) is 24.9 Å². The van der Waals surface area contributed by atoms with Crippen LogP contribution < -0.4 is 15.4 Å². The molecule has 0 spiro atoms.